The third kappa shape index (κ3) is 3.45. The summed E-state index contributed by atoms with van der Waals surface area (Å²) in [6.07, 6.45) is 4.17. The lowest BCUT2D eigenvalue weighted by atomic mass is 9.99. The molecule has 0 spiro atoms. The van der Waals surface area contributed by atoms with E-state index in [4.69, 9.17) is 9.47 Å². The summed E-state index contributed by atoms with van der Waals surface area (Å²) in [6, 6.07) is 6.77. The van der Waals surface area contributed by atoms with Gasteiger partial charge in [0, 0.05) is 26.1 Å². The van der Waals surface area contributed by atoms with E-state index >= 15 is 0 Å². The highest BCUT2D eigenvalue weighted by atomic mass is 19.1. The molecule has 0 radical (unpaired) electrons. The predicted molar refractivity (Wildman–Crippen MR) is 75.7 cm³/mol. The fraction of sp³-hybridized carbons (Fsp3) is 0.500. The maximum Gasteiger partial charge on any atom is 0.159 e. The largest absolute Gasteiger partial charge is 0.350 e. The van der Waals surface area contributed by atoms with Crippen molar-refractivity contribution in [2.24, 2.45) is 0 Å². The Hall–Kier alpha value is -1.23. The first-order chi connectivity index (χ1) is 9.81. The summed E-state index contributed by atoms with van der Waals surface area (Å²) in [5, 5.41) is 0. The maximum atomic E-state index is 12.9. The van der Waals surface area contributed by atoms with Crippen LogP contribution in [0, 0.1) is 5.82 Å². The summed E-state index contributed by atoms with van der Waals surface area (Å²) in [6.45, 7) is 4.42. The molecule has 3 nitrogen and oxygen atoms in total. The minimum atomic E-state index is -0.177. The number of nitrogens with zero attached hydrogens (tertiary/aromatic N) is 1. The molecule has 20 heavy (non-hydrogen) atoms. The van der Waals surface area contributed by atoms with Gasteiger partial charge in [-0.1, -0.05) is 18.2 Å². The number of benzene rings is 1. The predicted octanol–water partition coefficient (Wildman–Crippen LogP) is 2.68. The van der Waals surface area contributed by atoms with Gasteiger partial charge in [0.25, 0.3) is 0 Å². The Morgan fingerprint density at radius 2 is 1.90 bits per heavy atom. The molecule has 1 aromatic rings. The van der Waals surface area contributed by atoms with Gasteiger partial charge in [-0.3, -0.25) is 4.90 Å². The molecule has 108 valence electrons. The molecule has 1 aromatic carbocycles. The van der Waals surface area contributed by atoms with E-state index in [1.807, 2.05) is 12.1 Å². The van der Waals surface area contributed by atoms with Crippen LogP contribution in [0.2, 0.25) is 0 Å². The fourth-order valence-electron chi connectivity index (χ4n) is 2.70. The van der Waals surface area contributed by atoms with Gasteiger partial charge >= 0.3 is 0 Å². The molecule has 4 heteroatoms. The first-order valence-corrected chi connectivity index (χ1v) is 7.22. The molecular weight excluding hydrogens is 257 g/mol. The lowest BCUT2D eigenvalue weighted by molar-refractivity contribution is -0.0511. The molecule has 0 amide bonds. The number of halogens is 1. The quantitative estimate of drug-likeness (QED) is 0.844. The van der Waals surface area contributed by atoms with Crippen molar-refractivity contribution in [3.8, 4) is 0 Å². The highest BCUT2D eigenvalue weighted by molar-refractivity contribution is 5.66. The molecular formula is C16H20FNO2. The Morgan fingerprint density at radius 3 is 2.55 bits per heavy atom. The average Bonchev–Trinajstić information content (AvgIpc) is 3.00. The Labute approximate surface area is 119 Å². The molecule has 3 rings (SSSR count). The van der Waals surface area contributed by atoms with Crippen molar-refractivity contribution in [1.29, 1.82) is 0 Å². The number of ether oxygens (including phenoxy) is 2. The van der Waals surface area contributed by atoms with E-state index < -0.39 is 0 Å². The molecule has 2 aliphatic rings. The molecule has 1 saturated heterocycles. The monoisotopic (exact) mass is 277 g/mol. The zero-order valence-electron chi connectivity index (χ0n) is 11.6. The van der Waals surface area contributed by atoms with Crippen LogP contribution in [0.5, 0.6) is 0 Å². The summed E-state index contributed by atoms with van der Waals surface area (Å²) in [5.41, 5.74) is 2.45. The highest BCUT2D eigenvalue weighted by Crippen LogP contribution is 2.23. The summed E-state index contributed by atoms with van der Waals surface area (Å²) in [4.78, 5) is 2.40. The van der Waals surface area contributed by atoms with E-state index in [-0.39, 0.29) is 12.1 Å². The first kappa shape index (κ1) is 13.7. The van der Waals surface area contributed by atoms with Crippen LogP contribution in [-0.4, -0.2) is 44.0 Å². The Morgan fingerprint density at radius 1 is 1.15 bits per heavy atom. The molecule has 0 aromatic heterocycles. The van der Waals surface area contributed by atoms with E-state index in [0.717, 1.165) is 51.3 Å². The summed E-state index contributed by atoms with van der Waals surface area (Å²) in [5.74, 6) is -0.177. The van der Waals surface area contributed by atoms with Crippen molar-refractivity contribution in [2.45, 2.75) is 19.1 Å². The van der Waals surface area contributed by atoms with Gasteiger partial charge in [-0.2, -0.15) is 0 Å². The van der Waals surface area contributed by atoms with Gasteiger partial charge < -0.3 is 9.47 Å². The van der Waals surface area contributed by atoms with Crippen LogP contribution in [0.15, 0.2) is 30.3 Å². The van der Waals surface area contributed by atoms with Crippen LogP contribution in [-0.2, 0) is 9.47 Å². The SMILES string of the molecule is Fc1ccc(C2=CCN(CCC3OCCO3)CC2)cc1. The van der Waals surface area contributed by atoms with E-state index in [1.54, 1.807) is 0 Å². The van der Waals surface area contributed by atoms with Crippen LogP contribution in [0.1, 0.15) is 18.4 Å². The van der Waals surface area contributed by atoms with Crippen LogP contribution in [0.25, 0.3) is 5.57 Å². The third-order valence-electron chi connectivity index (χ3n) is 3.88. The number of rotatable bonds is 4. The van der Waals surface area contributed by atoms with Gasteiger partial charge in [0.05, 0.1) is 13.2 Å². The molecule has 0 N–H and O–H groups in total. The molecule has 0 unspecified atom stereocenters. The Balaban J connectivity index is 1.50. The van der Waals surface area contributed by atoms with Crippen molar-refractivity contribution in [3.05, 3.63) is 41.7 Å². The molecule has 1 fully saturated rings. The van der Waals surface area contributed by atoms with Gasteiger partial charge in [-0.15, -0.1) is 0 Å². The minimum absolute atomic E-state index is 0.0162. The minimum Gasteiger partial charge on any atom is -0.350 e. The Bertz CT molecular complexity index is 466. The first-order valence-electron chi connectivity index (χ1n) is 7.22. The fourth-order valence-corrected chi connectivity index (χ4v) is 2.70. The normalized spacial score (nSPS) is 21.1. The van der Waals surface area contributed by atoms with Crippen molar-refractivity contribution in [3.63, 3.8) is 0 Å². The lowest BCUT2D eigenvalue weighted by Gasteiger charge is -2.27. The van der Waals surface area contributed by atoms with Crippen LogP contribution in [0.3, 0.4) is 0 Å². The smallest absolute Gasteiger partial charge is 0.159 e. The van der Waals surface area contributed by atoms with Crippen LogP contribution >= 0.6 is 0 Å². The van der Waals surface area contributed by atoms with Gasteiger partial charge in [0.2, 0.25) is 0 Å². The van der Waals surface area contributed by atoms with E-state index in [1.165, 1.54) is 17.7 Å². The van der Waals surface area contributed by atoms with E-state index in [2.05, 4.69) is 11.0 Å². The zero-order valence-corrected chi connectivity index (χ0v) is 11.6. The van der Waals surface area contributed by atoms with Crippen molar-refractivity contribution in [2.75, 3.05) is 32.8 Å². The maximum absolute atomic E-state index is 12.9. The Kier molecular flexibility index (Phi) is 4.45. The highest BCUT2D eigenvalue weighted by Gasteiger charge is 2.18. The second-order valence-electron chi connectivity index (χ2n) is 5.25. The lowest BCUT2D eigenvalue weighted by Crippen LogP contribution is -2.31. The van der Waals surface area contributed by atoms with Gasteiger partial charge in [-0.25, -0.2) is 4.39 Å². The topological polar surface area (TPSA) is 21.7 Å². The molecule has 2 aliphatic heterocycles. The molecule has 0 aliphatic carbocycles. The van der Waals surface area contributed by atoms with E-state index in [0.29, 0.717) is 0 Å². The molecule has 2 heterocycles. The molecule has 0 atom stereocenters. The van der Waals surface area contributed by atoms with Crippen LogP contribution in [0.4, 0.5) is 4.39 Å². The number of hydrogen-bond acceptors (Lipinski definition) is 3. The van der Waals surface area contributed by atoms with Crippen molar-refractivity contribution >= 4 is 5.57 Å². The van der Waals surface area contributed by atoms with Crippen molar-refractivity contribution < 1.29 is 13.9 Å². The van der Waals surface area contributed by atoms with Gasteiger partial charge in [0.1, 0.15) is 5.82 Å². The van der Waals surface area contributed by atoms with Crippen LogP contribution < -0.4 is 0 Å². The zero-order chi connectivity index (χ0) is 13.8. The summed E-state index contributed by atoms with van der Waals surface area (Å²) in [7, 11) is 0. The number of hydrogen-bond donors (Lipinski definition) is 0. The second kappa shape index (κ2) is 6.48. The molecule has 0 saturated carbocycles. The summed E-state index contributed by atoms with van der Waals surface area (Å²) < 4.78 is 23.8. The average molecular weight is 277 g/mol. The standard InChI is InChI=1S/C16H20FNO2/c17-15-3-1-13(2-4-15)14-5-8-18(9-6-14)10-7-16-19-11-12-20-16/h1-5,16H,6-12H2. The van der Waals surface area contributed by atoms with Crippen molar-refractivity contribution in [1.82, 2.24) is 4.90 Å². The summed E-state index contributed by atoms with van der Waals surface area (Å²) >= 11 is 0. The third-order valence-corrected chi connectivity index (χ3v) is 3.88. The van der Waals surface area contributed by atoms with Gasteiger partial charge in [-0.05, 0) is 29.7 Å². The van der Waals surface area contributed by atoms with E-state index in [9.17, 15) is 4.39 Å². The van der Waals surface area contributed by atoms with Gasteiger partial charge in [0.15, 0.2) is 6.29 Å². The second-order valence-corrected chi connectivity index (χ2v) is 5.25. The molecule has 0 bridgehead atoms.